The third-order valence-corrected chi connectivity index (χ3v) is 5.82. The molecule has 2 aromatic carbocycles. The quantitative estimate of drug-likeness (QED) is 0.717. The van der Waals surface area contributed by atoms with E-state index in [1.807, 2.05) is 31.2 Å². The van der Waals surface area contributed by atoms with Gasteiger partial charge < -0.3 is 10.1 Å². The SMILES string of the molecule is CCC1Oc2ccccc2N(CC(=O)NCCCN2CCc3ccccc3C2)C1=O. The van der Waals surface area contributed by atoms with Gasteiger partial charge in [0.05, 0.1) is 5.69 Å². The molecule has 0 radical (unpaired) electrons. The van der Waals surface area contributed by atoms with Crippen molar-refractivity contribution in [2.24, 2.45) is 0 Å². The van der Waals surface area contributed by atoms with Gasteiger partial charge in [0.1, 0.15) is 12.3 Å². The molecule has 6 heteroatoms. The highest BCUT2D eigenvalue weighted by atomic mass is 16.5. The maximum absolute atomic E-state index is 12.7. The van der Waals surface area contributed by atoms with Gasteiger partial charge in [0.25, 0.3) is 5.91 Å². The van der Waals surface area contributed by atoms with Crippen LogP contribution in [0.1, 0.15) is 30.9 Å². The van der Waals surface area contributed by atoms with Crippen LogP contribution in [0.15, 0.2) is 48.5 Å². The molecule has 0 aromatic heterocycles. The van der Waals surface area contributed by atoms with Gasteiger partial charge >= 0.3 is 0 Å². The first-order valence-corrected chi connectivity index (χ1v) is 10.8. The molecular weight excluding hydrogens is 378 g/mol. The zero-order valence-corrected chi connectivity index (χ0v) is 17.5. The molecule has 30 heavy (non-hydrogen) atoms. The number of carbonyl (C=O) groups excluding carboxylic acids is 2. The maximum atomic E-state index is 12.7. The summed E-state index contributed by atoms with van der Waals surface area (Å²) in [5.74, 6) is 0.361. The summed E-state index contributed by atoms with van der Waals surface area (Å²) in [5, 5.41) is 2.97. The molecule has 0 bridgehead atoms. The van der Waals surface area contributed by atoms with Gasteiger partial charge in [-0.1, -0.05) is 43.3 Å². The maximum Gasteiger partial charge on any atom is 0.268 e. The van der Waals surface area contributed by atoms with Crippen molar-refractivity contribution in [2.75, 3.05) is 31.1 Å². The van der Waals surface area contributed by atoms with Gasteiger partial charge in [-0.05, 0) is 42.5 Å². The standard InChI is InChI=1S/C24H29N3O3/c1-2-21-24(29)27(20-10-5-6-11-22(20)30-21)17-23(28)25-13-7-14-26-15-12-18-8-3-4-9-19(18)16-26/h3-6,8-11,21H,2,7,12-17H2,1H3,(H,25,28). The first-order valence-electron chi connectivity index (χ1n) is 10.8. The lowest BCUT2D eigenvalue weighted by Gasteiger charge is -2.33. The summed E-state index contributed by atoms with van der Waals surface area (Å²) < 4.78 is 5.77. The van der Waals surface area contributed by atoms with Gasteiger partial charge in [-0.15, -0.1) is 0 Å². The summed E-state index contributed by atoms with van der Waals surface area (Å²) >= 11 is 0. The molecule has 6 nitrogen and oxygen atoms in total. The molecule has 4 rings (SSSR count). The van der Waals surface area contributed by atoms with E-state index >= 15 is 0 Å². The van der Waals surface area contributed by atoms with Crippen molar-refractivity contribution >= 4 is 17.5 Å². The van der Waals surface area contributed by atoms with Gasteiger partial charge in [-0.3, -0.25) is 19.4 Å². The molecule has 0 saturated carbocycles. The second kappa shape index (κ2) is 9.30. The number of para-hydroxylation sites is 2. The highest BCUT2D eigenvalue weighted by molar-refractivity contribution is 6.03. The normalized spacial score (nSPS) is 18.4. The lowest BCUT2D eigenvalue weighted by molar-refractivity contribution is -0.129. The molecule has 1 atom stereocenters. The smallest absolute Gasteiger partial charge is 0.268 e. The number of benzene rings is 2. The van der Waals surface area contributed by atoms with E-state index in [4.69, 9.17) is 4.74 Å². The second-order valence-electron chi connectivity index (χ2n) is 7.91. The number of nitrogens with one attached hydrogen (secondary N) is 1. The molecule has 0 spiro atoms. The summed E-state index contributed by atoms with van der Waals surface area (Å²) in [6.45, 7) is 5.52. The van der Waals surface area contributed by atoms with Gasteiger partial charge in [-0.25, -0.2) is 0 Å². The fourth-order valence-electron chi connectivity index (χ4n) is 4.17. The van der Waals surface area contributed by atoms with Crippen molar-refractivity contribution < 1.29 is 14.3 Å². The van der Waals surface area contributed by atoms with E-state index < -0.39 is 6.10 Å². The minimum atomic E-state index is -0.533. The van der Waals surface area contributed by atoms with Crippen LogP contribution in [-0.4, -0.2) is 49.0 Å². The Morgan fingerprint density at radius 2 is 1.90 bits per heavy atom. The number of fused-ring (bicyclic) bond motifs is 2. The van der Waals surface area contributed by atoms with Crippen LogP contribution in [0.3, 0.4) is 0 Å². The Kier molecular flexibility index (Phi) is 6.33. The highest BCUT2D eigenvalue weighted by Gasteiger charge is 2.34. The van der Waals surface area contributed by atoms with Crippen LogP contribution in [0, 0.1) is 0 Å². The Balaban J connectivity index is 1.26. The zero-order valence-electron chi connectivity index (χ0n) is 17.5. The minimum Gasteiger partial charge on any atom is -0.478 e. The van der Waals surface area contributed by atoms with Gasteiger partial charge in [0.15, 0.2) is 6.10 Å². The third kappa shape index (κ3) is 4.49. The van der Waals surface area contributed by atoms with Gasteiger partial charge in [0.2, 0.25) is 5.91 Å². The van der Waals surface area contributed by atoms with Crippen molar-refractivity contribution in [1.29, 1.82) is 0 Å². The molecule has 0 aliphatic carbocycles. The first-order chi connectivity index (χ1) is 14.7. The zero-order chi connectivity index (χ0) is 20.9. The molecule has 1 N–H and O–H groups in total. The predicted molar refractivity (Wildman–Crippen MR) is 117 cm³/mol. The number of rotatable bonds is 7. The first kappa shape index (κ1) is 20.4. The Morgan fingerprint density at radius 3 is 2.73 bits per heavy atom. The van der Waals surface area contributed by atoms with Crippen molar-refractivity contribution in [3.63, 3.8) is 0 Å². The van der Waals surface area contributed by atoms with Gasteiger partial charge in [-0.2, -0.15) is 0 Å². The Labute approximate surface area is 177 Å². The van der Waals surface area contributed by atoms with E-state index in [2.05, 4.69) is 34.5 Å². The minimum absolute atomic E-state index is 0.0206. The Morgan fingerprint density at radius 1 is 1.13 bits per heavy atom. The van der Waals surface area contributed by atoms with Crippen LogP contribution in [0.5, 0.6) is 5.75 Å². The molecule has 1 unspecified atom stereocenters. The molecular formula is C24H29N3O3. The Hall–Kier alpha value is -2.86. The number of anilines is 1. The number of hydrogen-bond donors (Lipinski definition) is 1. The highest BCUT2D eigenvalue weighted by Crippen LogP contribution is 2.34. The average Bonchev–Trinajstić information content (AvgIpc) is 2.78. The number of amides is 2. The lowest BCUT2D eigenvalue weighted by atomic mass is 10.00. The fourth-order valence-corrected chi connectivity index (χ4v) is 4.17. The second-order valence-corrected chi connectivity index (χ2v) is 7.91. The van der Waals surface area contributed by atoms with Crippen molar-refractivity contribution in [3.8, 4) is 5.75 Å². The van der Waals surface area contributed by atoms with Crippen LogP contribution in [0.2, 0.25) is 0 Å². The van der Waals surface area contributed by atoms with Gasteiger partial charge in [0, 0.05) is 26.2 Å². The van der Waals surface area contributed by atoms with E-state index in [0.717, 1.165) is 32.5 Å². The van der Waals surface area contributed by atoms with Crippen LogP contribution < -0.4 is 15.0 Å². The summed E-state index contributed by atoms with van der Waals surface area (Å²) in [7, 11) is 0. The van der Waals surface area contributed by atoms with Crippen molar-refractivity contribution in [3.05, 3.63) is 59.7 Å². The Bertz CT molecular complexity index is 914. The van der Waals surface area contributed by atoms with Crippen LogP contribution >= 0.6 is 0 Å². The molecule has 2 aliphatic rings. The summed E-state index contributed by atoms with van der Waals surface area (Å²) in [4.78, 5) is 29.2. The topological polar surface area (TPSA) is 61.9 Å². The molecule has 0 saturated heterocycles. The van der Waals surface area contributed by atoms with E-state index in [0.29, 0.717) is 24.4 Å². The number of nitrogens with zero attached hydrogens (tertiary/aromatic N) is 2. The van der Waals surface area contributed by atoms with Crippen molar-refractivity contribution in [2.45, 2.75) is 38.8 Å². The van der Waals surface area contributed by atoms with E-state index in [9.17, 15) is 9.59 Å². The third-order valence-electron chi connectivity index (χ3n) is 5.82. The van der Waals surface area contributed by atoms with E-state index in [-0.39, 0.29) is 18.4 Å². The predicted octanol–water partition coefficient (Wildman–Crippen LogP) is 2.76. The van der Waals surface area contributed by atoms with Crippen LogP contribution in [-0.2, 0) is 22.6 Å². The largest absolute Gasteiger partial charge is 0.478 e. The summed E-state index contributed by atoms with van der Waals surface area (Å²) in [6, 6.07) is 16.0. The number of carbonyl (C=O) groups is 2. The fraction of sp³-hybridized carbons (Fsp3) is 0.417. The van der Waals surface area contributed by atoms with E-state index in [1.54, 1.807) is 4.90 Å². The monoisotopic (exact) mass is 407 g/mol. The summed E-state index contributed by atoms with van der Waals surface area (Å²) in [6.07, 6.45) is 2.01. The molecule has 2 heterocycles. The number of hydrogen-bond acceptors (Lipinski definition) is 4. The lowest BCUT2D eigenvalue weighted by Crippen LogP contribution is -2.49. The summed E-state index contributed by atoms with van der Waals surface area (Å²) in [5.41, 5.74) is 3.51. The average molecular weight is 408 g/mol. The molecule has 158 valence electrons. The van der Waals surface area contributed by atoms with Crippen LogP contribution in [0.25, 0.3) is 0 Å². The van der Waals surface area contributed by atoms with E-state index in [1.165, 1.54) is 11.1 Å². The molecule has 2 aromatic rings. The van der Waals surface area contributed by atoms with Crippen molar-refractivity contribution in [1.82, 2.24) is 10.2 Å². The molecule has 0 fully saturated rings. The molecule has 2 aliphatic heterocycles. The number of ether oxygens (including phenoxy) is 1. The molecule has 2 amide bonds. The van der Waals surface area contributed by atoms with Crippen LogP contribution in [0.4, 0.5) is 5.69 Å².